The van der Waals surface area contributed by atoms with Crippen molar-refractivity contribution in [2.45, 2.75) is 40.5 Å². The molecule has 0 spiro atoms. The van der Waals surface area contributed by atoms with E-state index < -0.39 is 0 Å². The van der Waals surface area contributed by atoms with Crippen molar-refractivity contribution in [2.75, 3.05) is 25.0 Å². The lowest BCUT2D eigenvalue weighted by atomic mass is 10.1. The number of anilines is 1. The Balaban J connectivity index is 1.66. The van der Waals surface area contributed by atoms with Gasteiger partial charge in [-0.25, -0.2) is 0 Å². The molecule has 3 heteroatoms. The maximum Gasteiger partial charge on any atom is 0.224 e. The number of carbonyl (C=O) groups excluding carboxylic acids is 1. The molecule has 24 heavy (non-hydrogen) atoms. The van der Waals surface area contributed by atoms with E-state index in [-0.39, 0.29) is 17.2 Å². The van der Waals surface area contributed by atoms with Gasteiger partial charge >= 0.3 is 0 Å². The number of hydrogen-bond donors (Lipinski definition) is 1. The lowest BCUT2D eigenvalue weighted by Gasteiger charge is -2.19. The van der Waals surface area contributed by atoms with Gasteiger partial charge in [0, 0.05) is 25.8 Å². The Morgan fingerprint density at radius 3 is 2.50 bits per heavy atom. The first-order valence-corrected chi connectivity index (χ1v) is 9.03. The first-order chi connectivity index (χ1) is 11.3. The topological polar surface area (TPSA) is 32.3 Å². The summed E-state index contributed by atoms with van der Waals surface area (Å²) in [5, 5.41) is 3.13. The van der Waals surface area contributed by atoms with E-state index in [9.17, 15) is 4.79 Å². The van der Waals surface area contributed by atoms with Crippen molar-refractivity contribution < 1.29 is 4.79 Å². The van der Waals surface area contributed by atoms with Gasteiger partial charge in [0.1, 0.15) is 0 Å². The summed E-state index contributed by atoms with van der Waals surface area (Å²) in [6, 6.07) is 10.4. The van der Waals surface area contributed by atoms with Gasteiger partial charge in [-0.1, -0.05) is 43.7 Å². The molecular weight excluding hydrogens is 296 g/mol. The number of para-hydroxylation sites is 1. The van der Waals surface area contributed by atoms with Crippen LogP contribution in [0.3, 0.4) is 0 Å². The van der Waals surface area contributed by atoms with Crippen molar-refractivity contribution in [1.29, 1.82) is 0 Å². The molecule has 1 aliphatic rings. The molecule has 1 saturated carbocycles. The Bertz CT molecular complexity index is 573. The van der Waals surface area contributed by atoms with Crippen LogP contribution in [-0.4, -0.2) is 26.0 Å². The summed E-state index contributed by atoms with van der Waals surface area (Å²) in [7, 11) is 2.12. The normalized spacial score (nSPS) is 21.0. The molecule has 1 aliphatic carbocycles. The molecule has 0 radical (unpaired) electrons. The van der Waals surface area contributed by atoms with Crippen molar-refractivity contribution in [2.24, 2.45) is 17.3 Å². The van der Waals surface area contributed by atoms with Crippen molar-refractivity contribution in [3.05, 3.63) is 42.0 Å². The number of allylic oxidation sites excluding steroid dienone is 2. The highest BCUT2D eigenvalue weighted by Crippen LogP contribution is 2.59. The van der Waals surface area contributed by atoms with Crippen LogP contribution in [0.5, 0.6) is 0 Å². The molecule has 2 unspecified atom stereocenters. The van der Waals surface area contributed by atoms with E-state index in [1.807, 2.05) is 6.07 Å². The Morgan fingerprint density at radius 2 is 1.88 bits per heavy atom. The van der Waals surface area contributed by atoms with Gasteiger partial charge in [-0.3, -0.25) is 4.79 Å². The zero-order chi connectivity index (χ0) is 17.7. The predicted octanol–water partition coefficient (Wildman–Crippen LogP) is 4.26. The smallest absolute Gasteiger partial charge is 0.224 e. The monoisotopic (exact) mass is 328 g/mol. The molecule has 1 N–H and O–H groups in total. The third kappa shape index (κ3) is 4.62. The van der Waals surface area contributed by atoms with Crippen LogP contribution in [0.15, 0.2) is 42.0 Å². The van der Waals surface area contributed by atoms with Crippen LogP contribution in [0.4, 0.5) is 5.69 Å². The van der Waals surface area contributed by atoms with Crippen LogP contribution in [0.1, 0.15) is 40.5 Å². The number of carbonyl (C=O) groups is 1. The van der Waals surface area contributed by atoms with Gasteiger partial charge in [0.05, 0.1) is 5.92 Å². The molecule has 3 nitrogen and oxygen atoms in total. The quantitative estimate of drug-likeness (QED) is 0.571. The van der Waals surface area contributed by atoms with Crippen LogP contribution >= 0.6 is 0 Å². The maximum atomic E-state index is 12.4. The van der Waals surface area contributed by atoms with Gasteiger partial charge in [0.15, 0.2) is 0 Å². The third-order valence-corrected chi connectivity index (χ3v) is 5.12. The number of amides is 1. The van der Waals surface area contributed by atoms with E-state index in [4.69, 9.17) is 0 Å². The van der Waals surface area contributed by atoms with Crippen molar-refractivity contribution in [3.63, 3.8) is 0 Å². The molecule has 1 fully saturated rings. The number of nitrogens with one attached hydrogen (secondary N) is 1. The number of hydrogen-bond acceptors (Lipinski definition) is 2. The summed E-state index contributed by atoms with van der Waals surface area (Å²) < 4.78 is 0. The summed E-state index contributed by atoms with van der Waals surface area (Å²) >= 11 is 0. The molecule has 132 valence electrons. The number of benzene rings is 1. The molecule has 0 aliphatic heterocycles. The number of nitrogens with zero attached hydrogens (tertiary/aromatic N) is 1. The highest BCUT2D eigenvalue weighted by atomic mass is 16.2. The van der Waals surface area contributed by atoms with Crippen LogP contribution < -0.4 is 10.2 Å². The summed E-state index contributed by atoms with van der Waals surface area (Å²) in [5.74, 6) is 0.755. The molecule has 1 amide bonds. The SMILES string of the molecule is CC(C)=CC1C(C(=O)NCCCCN(C)c2ccccc2)C1(C)C. The van der Waals surface area contributed by atoms with E-state index in [2.05, 4.69) is 75.3 Å². The Kier molecular flexibility index (Phi) is 6.09. The minimum absolute atomic E-state index is 0.106. The average Bonchev–Trinajstić information content (AvgIpc) is 3.07. The van der Waals surface area contributed by atoms with Crippen molar-refractivity contribution >= 4 is 11.6 Å². The lowest BCUT2D eigenvalue weighted by Crippen LogP contribution is -2.28. The van der Waals surface area contributed by atoms with E-state index in [1.54, 1.807) is 0 Å². The summed E-state index contributed by atoms with van der Waals surface area (Å²) in [6.45, 7) is 10.4. The Labute approximate surface area is 147 Å². The molecule has 0 saturated heterocycles. The second-order valence-corrected chi connectivity index (χ2v) is 7.82. The maximum absolute atomic E-state index is 12.4. The molecule has 2 atom stereocenters. The third-order valence-electron chi connectivity index (χ3n) is 5.12. The molecular formula is C21H32N2O. The largest absolute Gasteiger partial charge is 0.375 e. The van der Waals surface area contributed by atoms with E-state index >= 15 is 0 Å². The van der Waals surface area contributed by atoms with E-state index in [0.717, 1.165) is 25.9 Å². The van der Waals surface area contributed by atoms with Crippen molar-refractivity contribution in [1.82, 2.24) is 5.32 Å². The summed E-state index contributed by atoms with van der Waals surface area (Å²) in [6.07, 6.45) is 4.35. The predicted molar refractivity (Wildman–Crippen MR) is 102 cm³/mol. The van der Waals surface area contributed by atoms with Crippen LogP contribution in [0.25, 0.3) is 0 Å². The first-order valence-electron chi connectivity index (χ1n) is 9.03. The van der Waals surface area contributed by atoms with Crippen LogP contribution in [-0.2, 0) is 4.79 Å². The Hall–Kier alpha value is -1.77. The zero-order valence-electron chi connectivity index (χ0n) is 15.8. The number of unbranched alkanes of at least 4 members (excludes halogenated alkanes) is 1. The Morgan fingerprint density at radius 1 is 1.21 bits per heavy atom. The lowest BCUT2D eigenvalue weighted by molar-refractivity contribution is -0.123. The van der Waals surface area contributed by atoms with Crippen LogP contribution in [0, 0.1) is 17.3 Å². The van der Waals surface area contributed by atoms with Crippen molar-refractivity contribution in [3.8, 4) is 0 Å². The molecule has 0 bridgehead atoms. The number of rotatable bonds is 8. The summed E-state index contributed by atoms with van der Waals surface area (Å²) in [4.78, 5) is 14.6. The highest BCUT2D eigenvalue weighted by molar-refractivity contribution is 5.83. The average molecular weight is 328 g/mol. The van der Waals surface area contributed by atoms with Gasteiger partial charge in [0.2, 0.25) is 5.91 Å². The van der Waals surface area contributed by atoms with Gasteiger partial charge in [-0.05, 0) is 50.2 Å². The fourth-order valence-corrected chi connectivity index (χ4v) is 3.46. The summed E-state index contributed by atoms with van der Waals surface area (Å²) in [5.41, 5.74) is 2.65. The first kappa shape index (κ1) is 18.6. The second-order valence-electron chi connectivity index (χ2n) is 7.82. The van der Waals surface area contributed by atoms with Gasteiger partial charge in [0.25, 0.3) is 0 Å². The fourth-order valence-electron chi connectivity index (χ4n) is 3.46. The van der Waals surface area contributed by atoms with Gasteiger partial charge in [-0.15, -0.1) is 0 Å². The minimum Gasteiger partial charge on any atom is -0.375 e. The highest BCUT2D eigenvalue weighted by Gasteiger charge is 2.60. The van der Waals surface area contributed by atoms with Crippen LogP contribution in [0.2, 0.25) is 0 Å². The fraction of sp³-hybridized carbons (Fsp3) is 0.571. The molecule has 0 aromatic heterocycles. The van der Waals surface area contributed by atoms with E-state index in [1.165, 1.54) is 11.3 Å². The van der Waals surface area contributed by atoms with E-state index in [0.29, 0.717) is 5.92 Å². The molecule has 1 aromatic carbocycles. The molecule has 1 aromatic rings. The molecule has 0 heterocycles. The molecule has 2 rings (SSSR count). The van der Waals surface area contributed by atoms with Gasteiger partial charge < -0.3 is 10.2 Å². The zero-order valence-corrected chi connectivity index (χ0v) is 15.8. The minimum atomic E-state index is 0.106. The van der Waals surface area contributed by atoms with Gasteiger partial charge in [-0.2, -0.15) is 0 Å². The second kappa shape index (κ2) is 7.87. The standard InChI is InChI=1S/C21H32N2O/c1-16(2)15-18-19(21(18,3)4)20(24)22-13-9-10-14-23(5)17-11-7-6-8-12-17/h6-8,11-12,15,18-19H,9-10,13-14H2,1-5H3,(H,22,24).